The van der Waals surface area contributed by atoms with Crippen molar-refractivity contribution in [1.29, 1.82) is 0 Å². The number of aromatic nitrogens is 4. The van der Waals surface area contributed by atoms with Crippen molar-refractivity contribution in [1.82, 2.24) is 30.6 Å². The van der Waals surface area contributed by atoms with Crippen LogP contribution in [0.25, 0.3) is 39.3 Å². The largest absolute Gasteiger partial charge is 2.00 e. The van der Waals surface area contributed by atoms with Crippen molar-refractivity contribution in [3.05, 3.63) is 75.4 Å². The Morgan fingerprint density at radius 3 is 2.31 bits per heavy atom. The van der Waals surface area contributed by atoms with Gasteiger partial charge in [-0.3, -0.25) is 14.6 Å². The second-order valence-corrected chi connectivity index (χ2v) is 13.4. The summed E-state index contributed by atoms with van der Waals surface area (Å²) in [6.07, 6.45) is 4.51. The monoisotopic (exact) mass is 755 g/mol. The molecule has 0 aromatic carbocycles. The molecule has 2 aliphatic rings. The molecule has 1 radical (unpaired) electrons. The first-order valence-electron chi connectivity index (χ1n) is 17.8. The minimum absolute atomic E-state index is 0. The fourth-order valence-corrected chi connectivity index (χ4v) is 7.15. The van der Waals surface area contributed by atoms with E-state index < -0.39 is 17.9 Å². The van der Waals surface area contributed by atoms with Crippen LogP contribution in [0.1, 0.15) is 127 Å². The fourth-order valence-electron chi connectivity index (χ4n) is 7.15. The van der Waals surface area contributed by atoms with Crippen LogP contribution < -0.4 is 20.6 Å². The average molecular weight is 756 g/mol. The smallest absolute Gasteiger partial charge is 0.657 e. The van der Waals surface area contributed by atoms with Crippen molar-refractivity contribution in [2.24, 2.45) is 0 Å². The molecule has 0 spiro atoms. The van der Waals surface area contributed by atoms with Gasteiger partial charge in [-0.2, -0.15) is 0 Å². The van der Waals surface area contributed by atoms with Gasteiger partial charge in [0.25, 0.3) is 0 Å². The van der Waals surface area contributed by atoms with Gasteiger partial charge in [0.2, 0.25) is 5.91 Å². The molecule has 11 nitrogen and oxygen atoms in total. The number of aromatic carboxylic acids is 1. The third-order valence-electron chi connectivity index (χ3n) is 10.1. The molecule has 4 N–H and O–H groups in total. The number of amides is 1. The van der Waals surface area contributed by atoms with E-state index in [1.165, 1.54) is 0 Å². The number of carbonyl (C=O) groups excluding carboxylic acids is 1. The third-order valence-corrected chi connectivity index (χ3v) is 10.1. The molecule has 0 aliphatic carbocycles. The number of allylic oxidation sites excluding steroid dienone is 2. The number of carboxylic acids is 2. The molecule has 2 unspecified atom stereocenters. The second kappa shape index (κ2) is 17.3. The maximum absolute atomic E-state index is 13.6. The number of fused-ring (bicyclic) bond motifs is 8. The number of rotatable bonds is 14. The van der Waals surface area contributed by atoms with Crippen LogP contribution >= 0.6 is 0 Å². The van der Waals surface area contributed by atoms with E-state index in [-0.39, 0.29) is 59.2 Å². The first-order chi connectivity index (χ1) is 24.4. The van der Waals surface area contributed by atoms with E-state index in [0.29, 0.717) is 58.8 Å². The molecule has 2 atom stereocenters. The Labute approximate surface area is 315 Å². The fraction of sp³-hybridized carbons (Fsp3) is 0.425. The second-order valence-electron chi connectivity index (χ2n) is 13.4. The average Bonchev–Trinajstić information content (AvgIpc) is 3.77. The quantitative estimate of drug-likeness (QED) is 0.103. The first-order valence-corrected chi connectivity index (χ1v) is 17.8. The Kier molecular flexibility index (Phi) is 13.4. The summed E-state index contributed by atoms with van der Waals surface area (Å²) in [7, 11) is 0. The van der Waals surface area contributed by atoms with Crippen LogP contribution in [-0.2, 0) is 33.1 Å². The van der Waals surface area contributed by atoms with Gasteiger partial charge in [-0.1, -0.05) is 69.2 Å². The van der Waals surface area contributed by atoms with Gasteiger partial charge in [0.15, 0.2) is 0 Å². The minimum atomic E-state index is -1.17. The zero-order valence-corrected chi connectivity index (χ0v) is 31.7. The summed E-state index contributed by atoms with van der Waals surface area (Å²) in [6, 6.07) is 5.68. The van der Waals surface area contributed by atoms with Gasteiger partial charge < -0.3 is 30.8 Å². The molecular weight excluding hydrogens is 708 g/mol. The molecule has 5 rings (SSSR count). The topological polar surface area (TPSA) is 170 Å². The van der Waals surface area contributed by atoms with Gasteiger partial charge in [-0.25, -0.2) is 9.78 Å². The molecule has 3 aromatic heterocycles. The molecule has 5 heterocycles. The maximum atomic E-state index is 13.6. The van der Waals surface area contributed by atoms with Crippen molar-refractivity contribution >= 4 is 57.1 Å². The van der Waals surface area contributed by atoms with E-state index >= 15 is 0 Å². The molecule has 8 bridgehead atoms. The van der Waals surface area contributed by atoms with Gasteiger partial charge in [-0.05, 0) is 68.9 Å². The molecule has 0 saturated heterocycles. The van der Waals surface area contributed by atoms with E-state index in [4.69, 9.17) is 19.9 Å². The number of nitrogens with one attached hydrogen (secondary N) is 2. The normalized spacial score (nSPS) is 15.3. The van der Waals surface area contributed by atoms with E-state index in [1.54, 1.807) is 13.0 Å². The summed E-state index contributed by atoms with van der Waals surface area (Å²) in [6.45, 7) is 17.7. The molecule has 279 valence electrons. The number of unbranched alkanes of at least 4 members (excludes halogenated alkanes) is 1. The van der Waals surface area contributed by atoms with E-state index in [1.807, 2.05) is 39.0 Å². The zero-order chi connectivity index (χ0) is 37.0. The number of aliphatic carboxylic acids is 1. The van der Waals surface area contributed by atoms with Crippen molar-refractivity contribution in [3.63, 3.8) is 0 Å². The summed E-state index contributed by atoms with van der Waals surface area (Å²) in [4.78, 5) is 58.5. The molecule has 1 amide bonds. The predicted molar refractivity (Wildman–Crippen MR) is 201 cm³/mol. The number of nitrogens with zero attached hydrogens (tertiary/aromatic N) is 4. The van der Waals surface area contributed by atoms with E-state index in [9.17, 15) is 24.6 Å². The van der Waals surface area contributed by atoms with Gasteiger partial charge in [-0.15, -0.1) is 22.1 Å². The molecule has 52 heavy (non-hydrogen) atoms. The molecule has 0 fully saturated rings. The van der Waals surface area contributed by atoms with Crippen LogP contribution in [-0.4, -0.2) is 57.7 Å². The van der Waals surface area contributed by atoms with Crippen LogP contribution in [0.5, 0.6) is 0 Å². The Bertz CT molecular complexity index is 2080. The SMILES string of the molecule is C=Cc1c(C)c2cc3nc(c(CC(=O)NCCNCCCC)c4[n-]c(cc5nc(cc1[n-]2)C(C)=C5CC)c(C)c4C(=O)O)C(CCC(=O)O)C3C.[Cu+2]. The molecular formula is C40H48CuN6O5. The summed E-state index contributed by atoms with van der Waals surface area (Å²) in [5.41, 5.74) is 9.22. The Morgan fingerprint density at radius 1 is 0.942 bits per heavy atom. The Morgan fingerprint density at radius 2 is 1.65 bits per heavy atom. The number of carboxylic acid groups (broad SMARTS) is 2. The van der Waals surface area contributed by atoms with Gasteiger partial charge in [0.1, 0.15) is 0 Å². The molecule has 3 aromatic rings. The molecule has 12 heteroatoms. The number of carbonyl (C=O) groups is 3. The summed E-state index contributed by atoms with van der Waals surface area (Å²) >= 11 is 0. The van der Waals surface area contributed by atoms with E-state index in [2.05, 4.69) is 31.1 Å². The first kappa shape index (κ1) is 40.3. The Balaban J connectivity index is 0.00000605. The molecule has 2 aliphatic heterocycles. The maximum Gasteiger partial charge on any atom is 2.00 e. The van der Waals surface area contributed by atoms with Crippen molar-refractivity contribution in [2.45, 2.75) is 91.9 Å². The number of aryl methyl sites for hydroxylation is 2. The number of hydrogen-bond acceptors (Lipinski definition) is 6. The summed E-state index contributed by atoms with van der Waals surface area (Å²) in [5, 5.41) is 26.6. The summed E-state index contributed by atoms with van der Waals surface area (Å²) in [5.74, 6) is -3.10. The van der Waals surface area contributed by atoms with E-state index in [0.717, 1.165) is 52.9 Å². The zero-order valence-electron chi connectivity index (χ0n) is 30.7. The third kappa shape index (κ3) is 8.25. The summed E-state index contributed by atoms with van der Waals surface area (Å²) < 4.78 is 0. The Hall–Kier alpha value is -4.51. The van der Waals surface area contributed by atoms with Crippen LogP contribution in [0.4, 0.5) is 0 Å². The van der Waals surface area contributed by atoms with Gasteiger partial charge in [0.05, 0.1) is 17.8 Å². The van der Waals surface area contributed by atoms with Gasteiger partial charge >= 0.3 is 29.0 Å². The van der Waals surface area contributed by atoms with Crippen LogP contribution in [0.2, 0.25) is 0 Å². The van der Waals surface area contributed by atoms with Crippen LogP contribution in [0, 0.1) is 13.8 Å². The van der Waals surface area contributed by atoms with Crippen LogP contribution in [0.15, 0.2) is 24.8 Å². The van der Waals surface area contributed by atoms with Crippen molar-refractivity contribution < 1.29 is 41.7 Å². The minimum Gasteiger partial charge on any atom is -0.657 e. The van der Waals surface area contributed by atoms with Crippen LogP contribution in [0.3, 0.4) is 0 Å². The van der Waals surface area contributed by atoms with Gasteiger partial charge in [0, 0.05) is 48.3 Å². The number of hydrogen-bond donors (Lipinski definition) is 4. The predicted octanol–water partition coefficient (Wildman–Crippen LogP) is 6.67. The standard InChI is InChI=1S/C40H50N6O5.Cu/c1-8-11-14-41-15-16-42-35(47)17-28-38-27(12-13-36(48)49)23(6)31(45-38)18-29-21(4)25(9-2)33(43-29)19-30-22(5)26(10-3)34(44-30)20-32-24(7)37(40(50)51)39(28)46-32;/h9,18-20,23,27,41H,2,8,10-17H2,1,3-7H3,(H5,42,43,44,45,46,47,48,49,50,51);/q;+2/p-2. The van der Waals surface area contributed by atoms with Crippen molar-refractivity contribution in [3.8, 4) is 0 Å². The molecule has 0 saturated carbocycles. The van der Waals surface area contributed by atoms with Crippen molar-refractivity contribution in [2.75, 3.05) is 19.6 Å².